The number of ether oxygens (including phenoxy) is 1. The largest absolute Gasteiger partial charge is 0.365 e. The number of nitrogens with one attached hydrogen (secondary N) is 2. The van der Waals surface area contributed by atoms with Crippen molar-refractivity contribution in [2.45, 2.75) is 13.0 Å². The van der Waals surface area contributed by atoms with Gasteiger partial charge in [-0.05, 0) is 24.1 Å². The molecule has 0 spiro atoms. The van der Waals surface area contributed by atoms with Crippen molar-refractivity contribution in [3.8, 4) is 0 Å². The molecular weight excluding hydrogens is 188 g/mol. The van der Waals surface area contributed by atoms with Crippen molar-refractivity contribution in [3.05, 3.63) is 35.4 Å². The van der Waals surface area contributed by atoms with Crippen LogP contribution in [0.1, 0.15) is 11.1 Å². The van der Waals surface area contributed by atoms with Gasteiger partial charge in [0.05, 0.1) is 13.3 Å². The molecule has 3 nitrogen and oxygen atoms in total. The smallest absolute Gasteiger partial charge is 0.0966 e. The SMILES string of the molecule is C1COCN1.c1ccc2c(c1)CCNC2. The third kappa shape index (κ3) is 3.30. The van der Waals surface area contributed by atoms with Gasteiger partial charge in [-0.15, -0.1) is 0 Å². The summed E-state index contributed by atoms with van der Waals surface area (Å²) < 4.78 is 4.83. The fraction of sp³-hybridized carbons (Fsp3) is 0.500. The van der Waals surface area contributed by atoms with Crippen molar-refractivity contribution in [1.82, 2.24) is 10.6 Å². The highest BCUT2D eigenvalue weighted by atomic mass is 16.5. The Morgan fingerprint density at radius 1 is 1.00 bits per heavy atom. The summed E-state index contributed by atoms with van der Waals surface area (Å²) in [6.07, 6.45) is 1.19. The second-order valence-corrected chi connectivity index (χ2v) is 3.75. The van der Waals surface area contributed by atoms with Gasteiger partial charge in [0.2, 0.25) is 0 Å². The van der Waals surface area contributed by atoms with Crippen LogP contribution in [-0.4, -0.2) is 26.4 Å². The summed E-state index contributed by atoms with van der Waals surface area (Å²) in [6, 6.07) is 8.63. The van der Waals surface area contributed by atoms with Crippen LogP contribution in [0.15, 0.2) is 24.3 Å². The van der Waals surface area contributed by atoms with Gasteiger partial charge in [-0.1, -0.05) is 24.3 Å². The lowest BCUT2D eigenvalue weighted by molar-refractivity contribution is 0.194. The average molecular weight is 206 g/mol. The van der Waals surface area contributed by atoms with Gasteiger partial charge in [0, 0.05) is 13.1 Å². The van der Waals surface area contributed by atoms with Crippen molar-refractivity contribution in [3.63, 3.8) is 0 Å². The second kappa shape index (κ2) is 5.85. The third-order valence-corrected chi connectivity index (χ3v) is 2.63. The topological polar surface area (TPSA) is 33.3 Å². The Bertz CT molecular complexity index is 265. The van der Waals surface area contributed by atoms with Gasteiger partial charge in [-0.25, -0.2) is 0 Å². The second-order valence-electron chi connectivity index (χ2n) is 3.75. The molecule has 0 amide bonds. The van der Waals surface area contributed by atoms with Crippen molar-refractivity contribution in [1.29, 1.82) is 0 Å². The number of fused-ring (bicyclic) bond motifs is 1. The lowest BCUT2D eigenvalue weighted by Gasteiger charge is -2.15. The molecule has 2 aliphatic heterocycles. The van der Waals surface area contributed by atoms with Crippen molar-refractivity contribution >= 4 is 0 Å². The van der Waals surface area contributed by atoms with E-state index in [4.69, 9.17) is 4.74 Å². The number of hydrogen-bond donors (Lipinski definition) is 2. The predicted molar refractivity (Wildman–Crippen MR) is 60.7 cm³/mol. The summed E-state index contributed by atoms with van der Waals surface area (Å²) in [7, 11) is 0. The molecular formula is C12H18N2O. The molecule has 0 aromatic heterocycles. The zero-order valence-electron chi connectivity index (χ0n) is 8.96. The molecule has 0 radical (unpaired) electrons. The molecule has 3 heteroatoms. The van der Waals surface area contributed by atoms with Crippen LogP contribution in [0.25, 0.3) is 0 Å². The van der Waals surface area contributed by atoms with Crippen LogP contribution in [0.4, 0.5) is 0 Å². The first-order valence-corrected chi connectivity index (χ1v) is 5.53. The zero-order valence-corrected chi connectivity index (χ0v) is 8.96. The number of hydrogen-bond acceptors (Lipinski definition) is 3. The maximum absolute atomic E-state index is 4.83. The highest BCUT2D eigenvalue weighted by Gasteiger charge is 2.05. The standard InChI is InChI=1S/C9H11N.C3H7NO/c1-2-4-9-7-10-6-5-8(9)3-1;1-2-5-3-4-1/h1-4,10H,5-7H2;4H,1-3H2. The van der Waals surface area contributed by atoms with Crippen LogP contribution in [0.5, 0.6) is 0 Å². The molecule has 0 atom stereocenters. The molecule has 1 fully saturated rings. The normalized spacial score (nSPS) is 18.9. The minimum Gasteiger partial charge on any atom is -0.365 e. The van der Waals surface area contributed by atoms with Gasteiger partial charge in [-0.2, -0.15) is 0 Å². The van der Waals surface area contributed by atoms with Crippen LogP contribution >= 0.6 is 0 Å². The van der Waals surface area contributed by atoms with E-state index in [0.29, 0.717) is 0 Å². The van der Waals surface area contributed by atoms with E-state index < -0.39 is 0 Å². The monoisotopic (exact) mass is 206 g/mol. The van der Waals surface area contributed by atoms with Gasteiger partial charge in [0.1, 0.15) is 0 Å². The fourth-order valence-corrected chi connectivity index (χ4v) is 1.78. The van der Waals surface area contributed by atoms with Crippen molar-refractivity contribution in [2.24, 2.45) is 0 Å². The van der Waals surface area contributed by atoms with Crippen LogP contribution in [0.2, 0.25) is 0 Å². The van der Waals surface area contributed by atoms with Gasteiger partial charge in [0.15, 0.2) is 0 Å². The Balaban J connectivity index is 0.000000144. The van der Waals surface area contributed by atoms with Gasteiger partial charge < -0.3 is 10.1 Å². The summed E-state index contributed by atoms with van der Waals surface area (Å²) in [4.78, 5) is 0. The van der Waals surface area contributed by atoms with E-state index >= 15 is 0 Å². The summed E-state index contributed by atoms with van der Waals surface area (Å²) in [5.41, 5.74) is 2.98. The molecule has 2 heterocycles. The van der Waals surface area contributed by atoms with E-state index in [0.717, 1.165) is 33.0 Å². The molecule has 1 saturated heterocycles. The Kier molecular flexibility index (Phi) is 4.14. The van der Waals surface area contributed by atoms with E-state index in [9.17, 15) is 0 Å². The number of rotatable bonds is 0. The lowest BCUT2D eigenvalue weighted by atomic mass is 10.0. The molecule has 2 aliphatic rings. The third-order valence-electron chi connectivity index (χ3n) is 2.63. The highest BCUT2D eigenvalue weighted by Crippen LogP contribution is 2.11. The van der Waals surface area contributed by atoms with Crippen LogP contribution in [0, 0.1) is 0 Å². The van der Waals surface area contributed by atoms with Crippen molar-refractivity contribution < 1.29 is 4.74 Å². The first kappa shape index (κ1) is 10.6. The molecule has 3 rings (SSSR count). The van der Waals surface area contributed by atoms with E-state index in [2.05, 4.69) is 34.9 Å². The molecule has 2 N–H and O–H groups in total. The summed E-state index contributed by atoms with van der Waals surface area (Å²) >= 11 is 0. The van der Waals surface area contributed by atoms with E-state index in [-0.39, 0.29) is 0 Å². The molecule has 1 aromatic rings. The molecule has 0 saturated carbocycles. The van der Waals surface area contributed by atoms with E-state index in [1.54, 1.807) is 0 Å². The summed E-state index contributed by atoms with van der Waals surface area (Å²) in [5, 5.41) is 6.34. The van der Waals surface area contributed by atoms with Gasteiger partial charge in [0.25, 0.3) is 0 Å². The van der Waals surface area contributed by atoms with Gasteiger partial charge in [-0.3, -0.25) is 5.32 Å². The van der Waals surface area contributed by atoms with Crippen LogP contribution < -0.4 is 10.6 Å². The molecule has 0 unspecified atom stereocenters. The van der Waals surface area contributed by atoms with Crippen LogP contribution in [0.3, 0.4) is 0 Å². The molecule has 15 heavy (non-hydrogen) atoms. The Hall–Kier alpha value is -0.900. The molecule has 1 aromatic carbocycles. The predicted octanol–water partition coefficient (Wildman–Crippen LogP) is 0.896. The fourth-order valence-electron chi connectivity index (χ4n) is 1.78. The highest BCUT2D eigenvalue weighted by molar-refractivity contribution is 5.28. The molecule has 82 valence electrons. The number of benzene rings is 1. The molecule has 0 bridgehead atoms. The van der Waals surface area contributed by atoms with E-state index in [1.165, 1.54) is 17.5 Å². The first-order chi connectivity index (χ1) is 7.47. The summed E-state index contributed by atoms with van der Waals surface area (Å²) in [6.45, 7) is 4.85. The molecule has 0 aliphatic carbocycles. The summed E-state index contributed by atoms with van der Waals surface area (Å²) in [5.74, 6) is 0. The first-order valence-electron chi connectivity index (χ1n) is 5.53. The van der Waals surface area contributed by atoms with Crippen molar-refractivity contribution in [2.75, 3.05) is 26.4 Å². The average Bonchev–Trinajstić information content (AvgIpc) is 2.88. The Labute approximate surface area is 90.8 Å². The minimum absolute atomic E-state index is 0.750. The van der Waals surface area contributed by atoms with Crippen LogP contribution in [-0.2, 0) is 17.7 Å². The maximum Gasteiger partial charge on any atom is 0.0966 e. The lowest BCUT2D eigenvalue weighted by Crippen LogP contribution is -2.23. The quantitative estimate of drug-likeness (QED) is 0.661. The Morgan fingerprint density at radius 2 is 1.87 bits per heavy atom. The van der Waals surface area contributed by atoms with E-state index in [1.807, 2.05) is 0 Å². The maximum atomic E-state index is 4.83. The Morgan fingerprint density at radius 3 is 2.47 bits per heavy atom. The van der Waals surface area contributed by atoms with Gasteiger partial charge >= 0.3 is 0 Å². The zero-order chi connectivity index (χ0) is 10.3. The minimum atomic E-state index is 0.750.